The number of benzene rings is 1. The van der Waals surface area contributed by atoms with Gasteiger partial charge in [-0.05, 0) is 36.1 Å². The number of hydrogen-bond donors (Lipinski definition) is 0. The standard InChI is InChI=1S/C11H15ClO3S/c1-7(2)9-6-11(16(12,13)14)10(15-4)5-8(9)3/h5-7H,1-4H3. The van der Waals surface area contributed by atoms with Crippen molar-refractivity contribution in [2.24, 2.45) is 0 Å². The zero-order chi connectivity index (χ0) is 12.5. The van der Waals surface area contributed by atoms with Gasteiger partial charge in [-0.3, -0.25) is 0 Å². The topological polar surface area (TPSA) is 43.4 Å². The van der Waals surface area contributed by atoms with Crippen molar-refractivity contribution in [2.75, 3.05) is 7.11 Å². The van der Waals surface area contributed by atoms with Crippen LogP contribution in [0.5, 0.6) is 5.75 Å². The molecule has 0 spiro atoms. The Kier molecular flexibility index (Phi) is 3.86. The maximum absolute atomic E-state index is 11.4. The van der Waals surface area contributed by atoms with E-state index < -0.39 is 9.05 Å². The zero-order valence-corrected chi connectivity index (χ0v) is 11.3. The SMILES string of the molecule is COc1cc(C)c(C(C)C)cc1S(=O)(=O)Cl. The van der Waals surface area contributed by atoms with Gasteiger partial charge in [-0.15, -0.1) is 0 Å². The Morgan fingerprint density at radius 2 is 1.88 bits per heavy atom. The van der Waals surface area contributed by atoms with E-state index in [0.29, 0.717) is 0 Å². The summed E-state index contributed by atoms with van der Waals surface area (Å²) in [5.41, 5.74) is 1.95. The Labute approximate surface area is 101 Å². The van der Waals surface area contributed by atoms with E-state index in [2.05, 4.69) is 0 Å². The molecule has 0 heterocycles. The van der Waals surface area contributed by atoms with E-state index in [0.717, 1.165) is 11.1 Å². The normalized spacial score (nSPS) is 11.9. The Morgan fingerprint density at radius 1 is 1.31 bits per heavy atom. The van der Waals surface area contributed by atoms with Gasteiger partial charge in [-0.1, -0.05) is 13.8 Å². The van der Waals surface area contributed by atoms with Crippen molar-refractivity contribution in [1.29, 1.82) is 0 Å². The third-order valence-electron chi connectivity index (χ3n) is 2.44. The average Bonchev–Trinajstić information content (AvgIpc) is 2.14. The molecule has 1 aromatic carbocycles. The molecular formula is C11H15ClO3S. The summed E-state index contributed by atoms with van der Waals surface area (Å²) in [7, 11) is 3.02. The summed E-state index contributed by atoms with van der Waals surface area (Å²) in [6, 6.07) is 3.28. The van der Waals surface area contributed by atoms with Crippen LogP contribution in [0.25, 0.3) is 0 Å². The van der Waals surface area contributed by atoms with Crippen LogP contribution in [0.15, 0.2) is 17.0 Å². The van der Waals surface area contributed by atoms with Crippen LogP contribution in [0, 0.1) is 6.92 Å². The van der Waals surface area contributed by atoms with Gasteiger partial charge in [0.05, 0.1) is 7.11 Å². The second kappa shape index (κ2) is 4.63. The van der Waals surface area contributed by atoms with Crippen molar-refractivity contribution in [3.05, 3.63) is 23.3 Å². The number of halogens is 1. The third kappa shape index (κ3) is 2.68. The van der Waals surface area contributed by atoms with E-state index in [4.69, 9.17) is 15.4 Å². The average molecular weight is 263 g/mol. The molecule has 0 aliphatic heterocycles. The van der Waals surface area contributed by atoms with Crippen molar-refractivity contribution in [1.82, 2.24) is 0 Å². The molecule has 90 valence electrons. The fourth-order valence-electron chi connectivity index (χ4n) is 1.65. The molecule has 0 aliphatic rings. The van der Waals surface area contributed by atoms with Gasteiger partial charge >= 0.3 is 0 Å². The molecule has 3 nitrogen and oxygen atoms in total. The van der Waals surface area contributed by atoms with Crippen LogP contribution < -0.4 is 4.74 Å². The number of hydrogen-bond acceptors (Lipinski definition) is 3. The van der Waals surface area contributed by atoms with Crippen molar-refractivity contribution in [2.45, 2.75) is 31.6 Å². The van der Waals surface area contributed by atoms with E-state index in [1.54, 1.807) is 12.1 Å². The minimum atomic E-state index is -3.77. The van der Waals surface area contributed by atoms with Crippen LogP contribution in [0.2, 0.25) is 0 Å². The smallest absolute Gasteiger partial charge is 0.264 e. The van der Waals surface area contributed by atoms with Gasteiger partial charge < -0.3 is 4.74 Å². The Bertz CT molecular complexity index is 492. The summed E-state index contributed by atoms with van der Waals surface area (Å²) in [6.45, 7) is 5.92. The molecule has 0 amide bonds. The van der Waals surface area contributed by atoms with Gasteiger partial charge in [0.15, 0.2) is 0 Å². The molecular weight excluding hydrogens is 248 g/mol. The van der Waals surface area contributed by atoms with Crippen molar-refractivity contribution < 1.29 is 13.2 Å². The molecule has 1 aromatic rings. The number of methoxy groups -OCH3 is 1. The Balaban J connectivity index is 3.53. The Hall–Kier alpha value is -0.740. The molecule has 16 heavy (non-hydrogen) atoms. The van der Waals surface area contributed by atoms with Crippen LogP contribution in [-0.4, -0.2) is 15.5 Å². The first-order chi connectivity index (χ1) is 7.27. The number of aryl methyl sites for hydroxylation is 1. The summed E-state index contributed by atoms with van der Waals surface area (Å²) < 4.78 is 27.8. The van der Waals surface area contributed by atoms with Gasteiger partial charge in [0.1, 0.15) is 10.6 Å². The van der Waals surface area contributed by atoms with Crippen molar-refractivity contribution in [3.63, 3.8) is 0 Å². The first kappa shape index (κ1) is 13.3. The quantitative estimate of drug-likeness (QED) is 0.787. The van der Waals surface area contributed by atoms with Gasteiger partial charge in [0, 0.05) is 10.7 Å². The summed E-state index contributed by atoms with van der Waals surface area (Å²) in [4.78, 5) is 0.0333. The molecule has 0 aromatic heterocycles. The van der Waals surface area contributed by atoms with Crippen molar-refractivity contribution >= 4 is 19.7 Å². The molecule has 0 saturated heterocycles. The van der Waals surface area contributed by atoms with Gasteiger partial charge in [0.2, 0.25) is 0 Å². The summed E-state index contributed by atoms with van der Waals surface area (Å²) in [5, 5.41) is 0. The number of rotatable bonds is 3. The predicted molar refractivity (Wildman–Crippen MR) is 64.9 cm³/mol. The minimum Gasteiger partial charge on any atom is -0.495 e. The molecule has 0 saturated carbocycles. The van der Waals surface area contributed by atoms with Crippen LogP contribution in [0.1, 0.15) is 30.9 Å². The maximum Gasteiger partial charge on any atom is 0.264 e. The fraction of sp³-hybridized carbons (Fsp3) is 0.455. The lowest BCUT2D eigenvalue weighted by Gasteiger charge is -2.14. The fourth-order valence-corrected chi connectivity index (χ4v) is 2.66. The maximum atomic E-state index is 11.4. The lowest BCUT2D eigenvalue weighted by Crippen LogP contribution is -2.01. The molecule has 0 radical (unpaired) electrons. The third-order valence-corrected chi connectivity index (χ3v) is 3.78. The Morgan fingerprint density at radius 3 is 2.25 bits per heavy atom. The van der Waals surface area contributed by atoms with Crippen LogP contribution in [0.4, 0.5) is 0 Å². The van der Waals surface area contributed by atoms with E-state index in [1.165, 1.54) is 7.11 Å². The molecule has 0 bridgehead atoms. The highest BCUT2D eigenvalue weighted by atomic mass is 35.7. The first-order valence-corrected chi connectivity index (χ1v) is 7.21. The monoisotopic (exact) mass is 262 g/mol. The van der Waals surface area contributed by atoms with Gasteiger partial charge in [0.25, 0.3) is 9.05 Å². The van der Waals surface area contributed by atoms with E-state index >= 15 is 0 Å². The van der Waals surface area contributed by atoms with Gasteiger partial charge in [-0.2, -0.15) is 0 Å². The zero-order valence-electron chi connectivity index (χ0n) is 9.74. The van der Waals surface area contributed by atoms with Crippen LogP contribution in [-0.2, 0) is 9.05 Å². The lowest BCUT2D eigenvalue weighted by atomic mass is 9.98. The molecule has 5 heteroatoms. The second-order valence-electron chi connectivity index (χ2n) is 3.95. The summed E-state index contributed by atoms with van der Waals surface area (Å²) in [5.74, 6) is 0.528. The summed E-state index contributed by atoms with van der Waals surface area (Å²) >= 11 is 0. The minimum absolute atomic E-state index is 0.0333. The summed E-state index contributed by atoms with van der Waals surface area (Å²) in [6.07, 6.45) is 0. The molecule has 0 aliphatic carbocycles. The molecule has 0 fully saturated rings. The molecule has 0 unspecified atom stereocenters. The first-order valence-electron chi connectivity index (χ1n) is 4.90. The highest BCUT2D eigenvalue weighted by molar-refractivity contribution is 8.13. The van der Waals surface area contributed by atoms with Crippen LogP contribution in [0.3, 0.4) is 0 Å². The highest BCUT2D eigenvalue weighted by Crippen LogP contribution is 2.32. The van der Waals surface area contributed by atoms with E-state index in [9.17, 15) is 8.42 Å². The molecule has 0 N–H and O–H groups in total. The largest absolute Gasteiger partial charge is 0.495 e. The molecule has 1 rings (SSSR count). The predicted octanol–water partition coefficient (Wildman–Crippen LogP) is 3.05. The van der Waals surface area contributed by atoms with Gasteiger partial charge in [-0.25, -0.2) is 8.42 Å². The van der Waals surface area contributed by atoms with Crippen molar-refractivity contribution in [3.8, 4) is 5.75 Å². The lowest BCUT2D eigenvalue weighted by molar-refractivity contribution is 0.402. The number of ether oxygens (including phenoxy) is 1. The highest BCUT2D eigenvalue weighted by Gasteiger charge is 2.19. The second-order valence-corrected chi connectivity index (χ2v) is 6.49. The molecule has 0 atom stereocenters. The van der Waals surface area contributed by atoms with E-state index in [1.807, 2.05) is 20.8 Å². The van der Waals surface area contributed by atoms with E-state index in [-0.39, 0.29) is 16.6 Å². The van der Waals surface area contributed by atoms with Crippen LogP contribution >= 0.6 is 10.7 Å².